The van der Waals surface area contributed by atoms with E-state index in [2.05, 4.69) is 56.6 Å². The van der Waals surface area contributed by atoms with Crippen LogP contribution in [0.5, 0.6) is 0 Å². The third-order valence-electron chi connectivity index (χ3n) is 4.83. The molecule has 0 aliphatic carbocycles. The van der Waals surface area contributed by atoms with Crippen LogP contribution < -0.4 is 0 Å². The monoisotopic (exact) mass is 502 g/mol. The zero-order chi connectivity index (χ0) is 26.8. The van der Waals surface area contributed by atoms with Gasteiger partial charge in [0.1, 0.15) is 5.76 Å². The summed E-state index contributed by atoms with van der Waals surface area (Å²) in [6, 6.07) is 2.00. The Balaban J connectivity index is 0.000000240. The summed E-state index contributed by atoms with van der Waals surface area (Å²) in [4.78, 5) is 4.07. The Kier molecular flexibility index (Phi) is 15.3. The molecule has 0 aliphatic heterocycles. The van der Waals surface area contributed by atoms with Crippen molar-refractivity contribution in [1.29, 1.82) is 0 Å². The molecule has 0 fully saturated rings. The fourth-order valence-electron chi connectivity index (χ4n) is 2.50. The predicted molar refractivity (Wildman–Crippen MR) is 136 cm³/mol. The molecular formula is C25H42N8O3. The molecule has 0 atom stereocenters. The number of hydrogen-bond donors (Lipinski definition) is 0. The van der Waals surface area contributed by atoms with Crippen LogP contribution in [0.15, 0.2) is 25.7 Å². The lowest BCUT2D eigenvalue weighted by Crippen LogP contribution is -1.93. The maximum Gasteiger partial charge on any atom is 0.226 e. The maximum absolute atomic E-state index is 5.16. The van der Waals surface area contributed by atoms with Crippen LogP contribution >= 0.6 is 0 Å². The zero-order valence-corrected chi connectivity index (χ0v) is 23.1. The molecule has 4 heterocycles. The van der Waals surface area contributed by atoms with Gasteiger partial charge in [-0.15, -0.1) is 15.3 Å². The second kappa shape index (κ2) is 18.0. The summed E-state index contributed by atoms with van der Waals surface area (Å²) >= 11 is 0. The molecule has 0 amide bonds. The summed E-state index contributed by atoms with van der Waals surface area (Å²) in [5.41, 5.74) is 2.11. The van der Waals surface area contributed by atoms with Crippen LogP contribution in [0.1, 0.15) is 96.0 Å². The van der Waals surface area contributed by atoms with E-state index in [0.29, 0.717) is 0 Å². The van der Waals surface area contributed by atoms with Gasteiger partial charge in [0.05, 0.1) is 11.4 Å². The quantitative estimate of drug-likeness (QED) is 0.322. The van der Waals surface area contributed by atoms with Gasteiger partial charge in [-0.25, -0.2) is 0 Å². The normalized spacial score (nSPS) is 10.0. The fraction of sp³-hybridized carbons (Fsp3) is 0.640. The van der Waals surface area contributed by atoms with Crippen molar-refractivity contribution in [1.82, 2.24) is 40.5 Å². The Bertz CT molecular complexity index is 824. The van der Waals surface area contributed by atoms with Crippen LogP contribution in [0, 0.1) is 0 Å². The van der Waals surface area contributed by atoms with Gasteiger partial charge in [-0.3, -0.25) is 4.68 Å². The first-order chi connectivity index (χ1) is 17.5. The van der Waals surface area contributed by atoms with Gasteiger partial charge in [-0.1, -0.05) is 64.0 Å². The van der Waals surface area contributed by atoms with Crippen molar-refractivity contribution in [2.24, 2.45) is 0 Å². The predicted octanol–water partition coefficient (Wildman–Crippen LogP) is 5.05. The van der Waals surface area contributed by atoms with E-state index in [1.165, 1.54) is 0 Å². The lowest BCUT2D eigenvalue weighted by molar-refractivity contribution is 0.377. The van der Waals surface area contributed by atoms with E-state index < -0.39 is 0 Å². The summed E-state index contributed by atoms with van der Waals surface area (Å²) in [6.45, 7) is 17.1. The molecule has 4 aromatic heterocycles. The molecule has 0 N–H and O–H groups in total. The molecule has 0 bridgehead atoms. The highest BCUT2D eigenvalue weighted by atomic mass is 16.5. The Morgan fingerprint density at radius 3 is 1.58 bits per heavy atom. The van der Waals surface area contributed by atoms with Crippen LogP contribution in [0.4, 0.5) is 0 Å². The first kappa shape index (κ1) is 30.7. The highest BCUT2D eigenvalue weighted by Gasteiger charge is 2.00. The second-order valence-corrected chi connectivity index (χ2v) is 7.52. The number of nitrogens with zero attached hydrogens (tertiary/aromatic N) is 8. The topological polar surface area (TPSA) is 135 Å². The van der Waals surface area contributed by atoms with Crippen LogP contribution in [0.25, 0.3) is 0 Å². The summed E-state index contributed by atoms with van der Waals surface area (Å²) in [5, 5.41) is 22.9. The van der Waals surface area contributed by atoms with Crippen molar-refractivity contribution in [2.45, 2.75) is 107 Å². The van der Waals surface area contributed by atoms with Gasteiger partial charge in [0, 0.05) is 50.9 Å². The molecule has 0 saturated heterocycles. The summed E-state index contributed by atoms with van der Waals surface area (Å²) < 4.78 is 16.8. The van der Waals surface area contributed by atoms with Gasteiger partial charge in [0.2, 0.25) is 17.7 Å². The minimum absolute atomic E-state index is 0.729. The summed E-state index contributed by atoms with van der Waals surface area (Å²) in [6.07, 6.45) is 8.17. The van der Waals surface area contributed by atoms with Crippen molar-refractivity contribution in [3.05, 3.63) is 52.9 Å². The minimum atomic E-state index is 0.729. The van der Waals surface area contributed by atoms with Crippen LogP contribution in [0.3, 0.4) is 0 Å². The molecule has 0 radical (unpaired) electrons. The van der Waals surface area contributed by atoms with E-state index in [1.807, 2.05) is 51.6 Å². The van der Waals surface area contributed by atoms with Crippen molar-refractivity contribution in [3.63, 3.8) is 0 Å². The third-order valence-corrected chi connectivity index (χ3v) is 4.83. The average molecular weight is 503 g/mol. The first-order valence-corrected chi connectivity index (χ1v) is 12.9. The van der Waals surface area contributed by atoms with Crippen LogP contribution in [-0.4, -0.2) is 40.5 Å². The van der Waals surface area contributed by atoms with E-state index in [0.717, 1.165) is 92.1 Å². The summed E-state index contributed by atoms with van der Waals surface area (Å²) in [5.74, 6) is 3.96. The van der Waals surface area contributed by atoms with Crippen LogP contribution in [-0.2, 0) is 51.5 Å². The Morgan fingerprint density at radius 1 is 0.639 bits per heavy atom. The number of rotatable bonds is 8. The largest absolute Gasteiger partial charge is 0.425 e. The summed E-state index contributed by atoms with van der Waals surface area (Å²) in [7, 11) is 0. The molecule has 0 aliphatic rings. The fourth-order valence-corrected chi connectivity index (χ4v) is 2.50. The molecule has 0 unspecified atom stereocenters. The molecule has 0 spiro atoms. The number of hydrogen-bond acceptors (Lipinski definition) is 10. The van der Waals surface area contributed by atoms with Gasteiger partial charge in [0.15, 0.2) is 5.82 Å². The molecule has 11 nitrogen and oxygen atoms in total. The number of aryl methyl sites for hydroxylation is 8. The van der Waals surface area contributed by atoms with Gasteiger partial charge in [-0.05, 0) is 19.8 Å². The molecule has 36 heavy (non-hydrogen) atoms. The molecule has 11 heteroatoms. The van der Waals surface area contributed by atoms with E-state index >= 15 is 0 Å². The van der Waals surface area contributed by atoms with Gasteiger partial charge in [-0.2, -0.15) is 4.98 Å². The SMILES string of the molecule is CCc1cc(CC)on1.CCc1cn(CC)nn1.CCc1nnc(CC)o1.CCc1noc(CC)n1. The molecule has 0 aromatic carbocycles. The maximum atomic E-state index is 5.16. The van der Waals surface area contributed by atoms with Gasteiger partial charge in [0.25, 0.3) is 0 Å². The third kappa shape index (κ3) is 11.4. The Labute approximate surface area is 214 Å². The lowest BCUT2D eigenvalue weighted by Gasteiger charge is -1.86. The van der Waals surface area contributed by atoms with E-state index in [1.54, 1.807) is 0 Å². The minimum Gasteiger partial charge on any atom is -0.425 e. The van der Waals surface area contributed by atoms with E-state index in [4.69, 9.17) is 13.5 Å². The van der Waals surface area contributed by atoms with Crippen molar-refractivity contribution < 1.29 is 13.5 Å². The Morgan fingerprint density at radius 2 is 1.28 bits per heavy atom. The number of aromatic nitrogens is 8. The standard InChI is InChI=1S/C7H11NO.C6H11N3.2C6H10N2O/c1-3-6-5-7(4-2)9-8-6;1-3-6-5-9(4-2)8-7-6;1-3-5-7-8-6(4-2)9-5;1-3-5-7-6(4-2)9-8-5/h2*5H,3-4H2,1-2H3;2*3-4H2,1-2H3. The molecule has 4 rings (SSSR count). The molecule has 200 valence electrons. The highest BCUT2D eigenvalue weighted by molar-refractivity contribution is 5.04. The van der Waals surface area contributed by atoms with Gasteiger partial charge < -0.3 is 13.5 Å². The highest BCUT2D eigenvalue weighted by Crippen LogP contribution is 2.03. The van der Waals surface area contributed by atoms with E-state index in [9.17, 15) is 0 Å². The first-order valence-electron chi connectivity index (χ1n) is 12.9. The molecule has 4 aromatic rings. The second-order valence-electron chi connectivity index (χ2n) is 7.52. The van der Waals surface area contributed by atoms with Gasteiger partial charge >= 0.3 is 0 Å². The smallest absolute Gasteiger partial charge is 0.226 e. The Hall–Kier alpha value is -3.37. The average Bonchev–Trinajstić information content (AvgIpc) is 3.75. The van der Waals surface area contributed by atoms with Crippen molar-refractivity contribution in [2.75, 3.05) is 0 Å². The molecular weight excluding hydrogens is 460 g/mol. The van der Waals surface area contributed by atoms with Crippen LogP contribution in [0.2, 0.25) is 0 Å². The molecule has 0 saturated carbocycles. The van der Waals surface area contributed by atoms with Crippen molar-refractivity contribution >= 4 is 0 Å². The van der Waals surface area contributed by atoms with E-state index in [-0.39, 0.29) is 0 Å². The zero-order valence-electron chi connectivity index (χ0n) is 23.1. The lowest BCUT2D eigenvalue weighted by atomic mass is 10.3. The van der Waals surface area contributed by atoms with Crippen molar-refractivity contribution in [3.8, 4) is 0 Å².